The molecule has 116 valence electrons. The molecular weight excluding hydrogens is 298 g/mol. The number of amides is 1. The van der Waals surface area contributed by atoms with Gasteiger partial charge in [0.2, 0.25) is 11.8 Å². The highest BCUT2D eigenvalue weighted by Gasteiger charge is 2.15. The number of carbonyl (C=O) groups excluding carboxylic acids is 1. The summed E-state index contributed by atoms with van der Waals surface area (Å²) in [5.41, 5.74) is 1.83. The highest BCUT2D eigenvalue weighted by molar-refractivity contribution is 7.99. The minimum Gasteiger partial charge on any atom is -0.411 e. The van der Waals surface area contributed by atoms with Gasteiger partial charge in [-0.1, -0.05) is 42.1 Å². The van der Waals surface area contributed by atoms with Gasteiger partial charge in [0.15, 0.2) is 0 Å². The molecule has 0 spiro atoms. The fourth-order valence-corrected chi connectivity index (χ4v) is 2.55. The molecule has 0 saturated heterocycles. The summed E-state index contributed by atoms with van der Waals surface area (Å²) in [4.78, 5) is 13.9. The molecule has 2 rings (SSSR count). The van der Waals surface area contributed by atoms with Gasteiger partial charge in [-0.15, -0.1) is 10.2 Å². The van der Waals surface area contributed by atoms with Crippen LogP contribution in [0.3, 0.4) is 0 Å². The molecule has 0 unspecified atom stereocenters. The number of hydrogen-bond donors (Lipinski definition) is 0. The average Bonchev–Trinajstić information content (AvgIpc) is 3.00. The highest BCUT2D eigenvalue weighted by atomic mass is 32.2. The molecule has 2 aromatic rings. The number of nitrogens with zero attached hydrogens (tertiary/aromatic N) is 3. The summed E-state index contributed by atoms with van der Waals surface area (Å²) in [5.74, 6) is 0.775. The summed E-state index contributed by atoms with van der Waals surface area (Å²) in [6.45, 7) is 8.94. The van der Waals surface area contributed by atoms with Gasteiger partial charge in [-0.3, -0.25) is 4.79 Å². The minimum absolute atomic E-state index is 0.0370. The van der Waals surface area contributed by atoms with Gasteiger partial charge in [0.05, 0.1) is 5.75 Å². The van der Waals surface area contributed by atoms with Gasteiger partial charge in [-0.2, -0.15) is 0 Å². The SMILES string of the molecule is C=C(C)CN(CC)C(=O)CSc1nnc(-c2ccccc2)o1. The van der Waals surface area contributed by atoms with Crippen LogP contribution < -0.4 is 0 Å². The van der Waals surface area contributed by atoms with E-state index in [2.05, 4.69) is 16.8 Å². The van der Waals surface area contributed by atoms with E-state index in [0.717, 1.165) is 11.1 Å². The Balaban J connectivity index is 1.93. The minimum atomic E-state index is 0.0370. The first kappa shape index (κ1) is 16.3. The molecule has 5 nitrogen and oxygen atoms in total. The predicted molar refractivity (Wildman–Crippen MR) is 87.5 cm³/mol. The second-order valence-corrected chi connectivity index (χ2v) is 5.82. The Bertz CT molecular complexity index is 640. The van der Waals surface area contributed by atoms with Crippen molar-refractivity contribution >= 4 is 17.7 Å². The van der Waals surface area contributed by atoms with Gasteiger partial charge in [0, 0.05) is 18.7 Å². The van der Waals surface area contributed by atoms with Gasteiger partial charge in [-0.25, -0.2) is 0 Å². The lowest BCUT2D eigenvalue weighted by Crippen LogP contribution is -2.33. The molecule has 1 amide bonds. The number of hydrogen-bond acceptors (Lipinski definition) is 5. The van der Waals surface area contributed by atoms with Gasteiger partial charge >= 0.3 is 0 Å². The van der Waals surface area contributed by atoms with Crippen molar-refractivity contribution in [1.82, 2.24) is 15.1 Å². The number of likely N-dealkylation sites (N-methyl/N-ethyl adjacent to an activating group) is 1. The average molecular weight is 317 g/mol. The zero-order chi connectivity index (χ0) is 15.9. The summed E-state index contributed by atoms with van der Waals surface area (Å²) < 4.78 is 5.57. The van der Waals surface area contributed by atoms with Crippen LogP contribution in [0.15, 0.2) is 52.1 Å². The van der Waals surface area contributed by atoms with Crippen molar-refractivity contribution in [3.63, 3.8) is 0 Å². The van der Waals surface area contributed by atoms with Crippen LogP contribution in [-0.4, -0.2) is 39.8 Å². The first-order chi connectivity index (χ1) is 10.6. The van der Waals surface area contributed by atoms with Crippen molar-refractivity contribution in [2.24, 2.45) is 0 Å². The Hall–Kier alpha value is -2.08. The molecule has 1 aromatic carbocycles. The third kappa shape index (κ3) is 4.46. The van der Waals surface area contributed by atoms with Crippen LogP contribution in [0.1, 0.15) is 13.8 Å². The van der Waals surface area contributed by atoms with Crippen LogP contribution in [0.2, 0.25) is 0 Å². The molecule has 0 saturated carbocycles. The van der Waals surface area contributed by atoms with Gasteiger partial charge in [0.1, 0.15) is 0 Å². The van der Waals surface area contributed by atoms with E-state index in [1.165, 1.54) is 11.8 Å². The molecule has 1 aromatic heterocycles. The molecule has 0 radical (unpaired) electrons. The molecule has 6 heteroatoms. The van der Waals surface area contributed by atoms with Crippen LogP contribution in [0.4, 0.5) is 0 Å². The third-order valence-corrected chi connectivity index (χ3v) is 3.74. The van der Waals surface area contributed by atoms with E-state index in [-0.39, 0.29) is 11.7 Å². The lowest BCUT2D eigenvalue weighted by atomic mass is 10.2. The van der Waals surface area contributed by atoms with E-state index in [1.54, 1.807) is 4.90 Å². The summed E-state index contributed by atoms with van der Waals surface area (Å²) in [6.07, 6.45) is 0. The molecule has 0 aliphatic rings. The molecule has 0 bridgehead atoms. The van der Waals surface area contributed by atoms with Gasteiger partial charge < -0.3 is 9.32 Å². The maximum atomic E-state index is 12.1. The number of benzene rings is 1. The second kappa shape index (κ2) is 7.79. The molecule has 0 aliphatic carbocycles. The summed E-state index contributed by atoms with van der Waals surface area (Å²) in [5, 5.41) is 8.37. The van der Waals surface area contributed by atoms with Crippen LogP contribution in [0.5, 0.6) is 0 Å². The van der Waals surface area contributed by atoms with E-state index in [1.807, 2.05) is 44.2 Å². The zero-order valence-electron chi connectivity index (χ0n) is 12.8. The first-order valence-electron chi connectivity index (χ1n) is 7.04. The van der Waals surface area contributed by atoms with Gasteiger partial charge in [-0.05, 0) is 26.0 Å². The van der Waals surface area contributed by atoms with E-state index in [0.29, 0.717) is 24.2 Å². The monoisotopic (exact) mass is 317 g/mol. The van der Waals surface area contributed by atoms with Crippen molar-refractivity contribution < 1.29 is 9.21 Å². The third-order valence-electron chi connectivity index (χ3n) is 2.94. The molecule has 0 aliphatic heterocycles. The summed E-state index contributed by atoms with van der Waals surface area (Å²) in [7, 11) is 0. The van der Waals surface area contributed by atoms with Crippen LogP contribution in [-0.2, 0) is 4.79 Å². The molecule has 0 fully saturated rings. The molecule has 1 heterocycles. The largest absolute Gasteiger partial charge is 0.411 e. The van der Waals surface area contributed by atoms with Crippen molar-refractivity contribution in [3.8, 4) is 11.5 Å². The first-order valence-corrected chi connectivity index (χ1v) is 8.02. The maximum absolute atomic E-state index is 12.1. The Labute approximate surface area is 134 Å². The molecule has 22 heavy (non-hydrogen) atoms. The number of thioether (sulfide) groups is 1. The number of carbonyl (C=O) groups is 1. The Morgan fingerprint density at radius 3 is 2.68 bits per heavy atom. The van der Waals surface area contributed by atoms with Gasteiger partial charge in [0.25, 0.3) is 5.22 Å². The number of aromatic nitrogens is 2. The van der Waals surface area contributed by atoms with Crippen molar-refractivity contribution in [2.75, 3.05) is 18.8 Å². The maximum Gasteiger partial charge on any atom is 0.277 e. The smallest absolute Gasteiger partial charge is 0.277 e. The standard InChI is InChI=1S/C16H19N3O2S/c1-4-19(10-12(2)3)14(20)11-22-16-18-17-15(21-16)13-8-6-5-7-9-13/h5-9H,2,4,10-11H2,1,3H3. The molecule has 0 N–H and O–H groups in total. The van der Waals surface area contributed by atoms with E-state index < -0.39 is 0 Å². The van der Waals surface area contributed by atoms with Crippen molar-refractivity contribution in [1.29, 1.82) is 0 Å². The summed E-state index contributed by atoms with van der Waals surface area (Å²) >= 11 is 1.25. The molecular formula is C16H19N3O2S. The predicted octanol–water partition coefficient (Wildman–Crippen LogP) is 3.25. The Kier molecular flexibility index (Phi) is 5.77. The van der Waals surface area contributed by atoms with E-state index in [4.69, 9.17) is 4.42 Å². The Morgan fingerprint density at radius 1 is 1.32 bits per heavy atom. The lowest BCUT2D eigenvalue weighted by Gasteiger charge is -2.20. The van der Waals surface area contributed by atoms with Crippen molar-refractivity contribution in [2.45, 2.75) is 19.1 Å². The van der Waals surface area contributed by atoms with Crippen LogP contribution in [0, 0.1) is 0 Å². The normalized spacial score (nSPS) is 10.5. The topological polar surface area (TPSA) is 59.2 Å². The molecule has 0 atom stereocenters. The summed E-state index contributed by atoms with van der Waals surface area (Å²) in [6, 6.07) is 9.55. The van der Waals surface area contributed by atoms with Crippen LogP contribution >= 0.6 is 11.8 Å². The van der Waals surface area contributed by atoms with Crippen molar-refractivity contribution in [3.05, 3.63) is 42.5 Å². The lowest BCUT2D eigenvalue weighted by molar-refractivity contribution is -0.127. The quantitative estimate of drug-likeness (QED) is 0.579. The fourth-order valence-electron chi connectivity index (χ4n) is 1.88. The Morgan fingerprint density at radius 2 is 2.05 bits per heavy atom. The zero-order valence-corrected chi connectivity index (χ0v) is 13.6. The van der Waals surface area contributed by atoms with E-state index >= 15 is 0 Å². The van der Waals surface area contributed by atoms with E-state index in [9.17, 15) is 4.79 Å². The fraction of sp³-hybridized carbons (Fsp3) is 0.312. The number of rotatable bonds is 7. The second-order valence-electron chi connectivity index (χ2n) is 4.89. The highest BCUT2D eigenvalue weighted by Crippen LogP contribution is 2.23. The van der Waals surface area contributed by atoms with Crippen LogP contribution in [0.25, 0.3) is 11.5 Å².